The fraction of sp³-hybridized carbons (Fsp3) is 0.211. The molecule has 0 saturated carbocycles. The van der Waals surface area contributed by atoms with Crippen LogP contribution in [-0.2, 0) is 6.42 Å². The molecule has 6 heteroatoms. The Hall–Kier alpha value is -2.73. The first-order chi connectivity index (χ1) is 12.2. The van der Waals surface area contributed by atoms with Gasteiger partial charge in [-0.3, -0.25) is 0 Å². The van der Waals surface area contributed by atoms with Crippen molar-refractivity contribution in [3.8, 4) is 17.2 Å². The van der Waals surface area contributed by atoms with Gasteiger partial charge in [-0.25, -0.2) is 0 Å². The van der Waals surface area contributed by atoms with Crippen molar-refractivity contribution in [1.29, 1.82) is 0 Å². The summed E-state index contributed by atoms with van der Waals surface area (Å²) in [4.78, 5) is 0.626. The zero-order valence-electron chi connectivity index (χ0n) is 13.8. The summed E-state index contributed by atoms with van der Waals surface area (Å²) < 4.78 is 16.2. The molecule has 2 aromatic carbocycles. The first-order valence-electron chi connectivity index (χ1n) is 8.06. The molecule has 5 nitrogen and oxygen atoms in total. The zero-order valence-corrected chi connectivity index (χ0v) is 14.6. The Labute approximate surface area is 151 Å². The molecule has 0 radical (unpaired) electrons. The van der Waals surface area contributed by atoms with Crippen LogP contribution in [-0.4, -0.2) is 25.4 Å². The first-order valence-corrected chi connectivity index (χ1v) is 8.47. The van der Waals surface area contributed by atoms with Crippen LogP contribution in [0.25, 0.3) is 5.70 Å². The summed E-state index contributed by atoms with van der Waals surface area (Å²) in [7, 11) is 1.65. The number of benzene rings is 2. The minimum atomic E-state index is 0.278. The molecule has 0 bridgehead atoms. The van der Waals surface area contributed by atoms with Gasteiger partial charge in [-0.15, -0.1) is 0 Å². The molecule has 2 aliphatic rings. The van der Waals surface area contributed by atoms with E-state index in [1.54, 1.807) is 7.11 Å². The van der Waals surface area contributed by atoms with Crippen LogP contribution < -0.4 is 24.8 Å². The van der Waals surface area contributed by atoms with E-state index in [1.165, 1.54) is 5.56 Å². The molecule has 2 N–H and O–H groups in total. The van der Waals surface area contributed by atoms with Crippen LogP contribution >= 0.6 is 12.2 Å². The van der Waals surface area contributed by atoms with Gasteiger partial charge < -0.3 is 24.8 Å². The predicted octanol–water partition coefficient (Wildman–Crippen LogP) is 3.35. The Morgan fingerprint density at radius 3 is 2.92 bits per heavy atom. The Balaban J connectivity index is 1.59. The molecule has 0 aromatic heterocycles. The topological polar surface area (TPSA) is 51.8 Å². The minimum absolute atomic E-state index is 0.278. The summed E-state index contributed by atoms with van der Waals surface area (Å²) >= 11 is 5.50. The highest BCUT2D eigenvalue weighted by atomic mass is 32.1. The molecule has 2 aliphatic heterocycles. The van der Waals surface area contributed by atoms with Crippen LogP contribution in [0.2, 0.25) is 0 Å². The Kier molecular flexibility index (Phi) is 4.19. The second-order valence-corrected chi connectivity index (χ2v) is 6.26. The van der Waals surface area contributed by atoms with Crippen LogP contribution in [0.5, 0.6) is 17.2 Å². The van der Waals surface area contributed by atoms with Crippen molar-refractivity contribution in [3.05, 3.63) is 53.6 Å². The molecule has 2 heterocycles. The third-order valence-electron chi connectivity index (χ3n) is 4.21. The molecule has 0 spiro atoms. The summed E-state index contributed by atoms with van der Waals surface area (Å²) in [6, 6.07) is 11.8. The molecule has 25 heavy (non-hydrogen) atoms. The molecule has 0 unspecified atom stereocenters. The van der Waals surface area contributed by atoms with Crippen molar-refractivity contribution in [2.75, 3.05) is 25.8 Å². The average molecular weight is 354 g/mol. The van der Waals surface area contributed by atoms with Crippen LogP contribution in [0, 0.1) is 0 Å². The number of anilines is 1. The van der Waals surface area contributed by atoms with E-state index in [2.05, 4.69) is 16.7 Å². The lowest BCUT2D eigenvalue weighted by Crippen LogP contribution is -2.24. The van der Waals surface area contributed by atoms with Gasteiger partial charge in [0.05, 0.1) is 7.11 Å². The Morgan fingerprint density at radius 1 is 1.24 bits per heavy atom. The van der Waals surface area contributed by atoms with E-state index in [0.29, 0.717) is 4.99 Å². The van der Waals surface area contributed by atoms with E-state index in [-0.39, 0.29) is 6.79 Å². The van der Waals surface area contributed by atoms with Gasteiger partial charge >= 0.3 is 0 Å². The van der Waals surface area contributed by atoms with Crippen LogP contribution in [0.4, 0.5) is 5.69 Å². The van der Waals surface area contributed by atoms with Crippen LogP contribution in [0.3, 0.4) is 0 Å². The van der Waals surface area contributed by atoms with Crippen molar-refractivity contribution in [3.63, 3.8) is 0 Å². The van der Waals surface area contributed by atoms with Gasteiger partial charge in [0.1, 0.15) is 10.7 Å². The maximum Gasteiger partial charge on any atom is 0.231 e. The summed E-state index contributed by atoms with van der Waals surface area (Å²) in [5.41, 5.74) is 4.21. The quantitative estimate of drug-likeness (QED) is 0.651. The molecular weight excluding hydrogens is 336 g/mol. The van der Waals surface area contributed by atoms with E-state index in [0.717, 1.165) is 47.2 Å². The molecular formula is C19H18N2O3S. The van der Waals surface area contributed by atoms with Crippen molar-refractivity contribution < 1.29 is 14.2 Å². The van der Waals surface area contributed by atoms with Crippen LogP contribution in [0.1, 0.15) is 11.1 Å². The molecule has 0 amide bonds. The van der Waals surface area contributed by atoms with Gasteiger partial charge in [0.2, 0.25) is 6.79 Å². The molecule has 2 aromatic rings. The summed E-state index contributed by atoms with van der Waals surface area (Å²) in [6.07, 6.45) is 2.88. The summed E-state index contributed by atoms with van der Waals surface area (Å²) in [5.74, 6) is 2.38. The molecule has 128 valence electrons. The molecule has 0 saturated heterocycles. The van der Waals surface area contributed by atoms with E-state index in [9.17, 15) is 0 Å². The van der Waals surface area contributed by atoms with E-state index in [1.807, 2.05) is 36.4 Å². The second kappa shape index (κ2) is 6.64. The lowest BCUT2D eigenvalue weighted by molar-refractivity contribution is 0.174. The van der Waals surface area contributed by atoms with Crippen LogP contribution in [0.15, 0.2) is 42.5 Å². The van der Waals surface area contributed by atoms with E-state index >= 15 is 0 Å². The highest BCUT2D eigenvalue weighted by Gasteiger charge is 2.21. The Bertz CT molecular complexity index is 864. The minimum Gasteiger partial charge on any atom is -0.497 e. The normalized spacial score (nSPS) is 16.1. The van der Waals surface area contributed by atoms with Gasteiger partial charge in [0.25, 0.3) is 0 Å². The fourth-order valence-electron chi connectivity index (χ4n) is 3.01. The number of methoxy groups -OCH3 is 1. The first kappa shape index (κ1) is 15.8. The largest absolute Gasteiger partial charge is 0.497 e. The SMILES string of the molecule is COc1cccc(NC(=S)/C=C2\NCCc3cc4c(cc32)OCO4)c1. The smallest absolute Gasteiger partial charge is 0.231 e. The summed E-state index contributed by atoms with van der Waals surface area (Å²) in [6.45, 7) is 1.14. The number of thiocarbonyl (C=S) groups is 1. The molecule has 0 aliphatic carbocycles. The standard InChI is InChI=1S/C19H18N2O3S/c1-22-14-4-2-3-13(8-14)21-19(25)10-16-15-9-18-17(23-11-24-18)7-12(15)5-6-20-16/h2-4,7-10,20H,5-6,11H2,1H3,(H,21,25)/b16-10-. The third kappa shape index (κ3) is 3.25. The Morgan fingerprint density at radius 2 is 2.08 bits per heavy atom. The summed E-state index contributed by atoms with van der Waals surface area (Å²) in [5, 5.41) is 6.64. The number of ether oxygens (including phenoxy) is 3. The van der Waals surface area contributed by atoms with Crippen molar-refractivity contribution in [1.82, 2.24) is 5.32 Å². The number of fused-ring (bicyclic) bond motifs is 2. The second-order valence-electron chi connectivity index (χ2n) is 5.82. The number of rotatable bonds is 3. The predicted molar refractivity (Wildman–Crippen MR) is 101 cm³/mol. The number of hydrogen-bond acceptors (Lipinski definition) is 5. The maximum atomic E-state index is 5.50. The highest BCUT2D eigenvalue weighted by Crippen LogP contribution is 2.38. The van der Waals surface area contributed by atoms with E-state index < -0.39 is 0 Å². The molecule has 0 fully saturated rings. The monoisotopic (exact) mass is 354 g/mol. The fourth-order valence-corrected chi connectivity index (χ4v) is 3.24. The van der Waals surface area contributed by atoms with E-state index in [4.69, 9.17) is 26.4 Å². The third-order valence-corrected chi connectivity index (χ3v) is 4.43. The number of nitrogens with one attached hydrogen (secondary N) is 2. The average Bonchev–Trinajstić information content (AvgIpc) is 3.07. The molecule has 0 atom stereocenters. The zero-order chi connectivity index (χ0) is 17.2. The van der Waals surface area contributed by atoms with Gasteiger partial charge in [0.15, 0.2) is 11.5 Å². The number of hydrogen-bond donors (Lipinski definition) is 2. The lowest BCUT2D eigenvalue weighted by atomic mass is 9.97. The lowest BCUT2D eigenvalue weighted by Gasteiger charge is -2.22. The molecule has 4 rings (SSSR count). The van der Waals surface area contributed by atoms with Gasteiger partial charge in [-0.05, 0) is 42.3 Å². The van der Waals surface area contributed by atoms with Crippen molar-refractivity contribution in [2.45, 2.75) is 6.42 Å². The van der Waals surface area contributed by atoms with Crippen molar-refractivity contribution >= 4 is 28.6 Å². The van der Waals surface area contributed by atoms with Gasteiger partial charge in [0, 0.05) is 29.6 Å². The highest BCUT2D eigenvalue weighted by molar-refractivity contribution is 7.81. The van der Waals surface area contributed by atoms with Gasteiger partial charge in [-0.1, -0.05) is 18.3 Å². The van der Waals surface area contributed by atoms with Crippen molar-refractivity contribution in [2.24, 2.45) is 0 Å². The maximum absolute atomic E-state index is 5.50. The van der Waals surface area contributed by atoms with Gasteiger partial charge in [-0.2, -0.15) is 0 Å².